The summed E-state index contributed by atoms with van der Waals surface area (Å²) in [5.74, 6) is -1.76. The van der Waals surface area contributed by atoms with Crippen LogP contribution in [0.4, 0.5) is 0 Å². The van der Waals surface area contributed by atoms with Crippen molar-refractivity contribution in [1.29, 1.82) is 0 Å². The topological polar surface area (TPSA) is 95.9 Å². The Morgan fingerprint density at radius 3 is 2.35 bits per heavy atom. The molecule has 0 aromatic heterocycles. The summed E-state index contributed by atoms with van der Waals surface area (Å²) in [5, 5.41) is 20.7. The summed E-state index contributed by atoms with van der Waals surface area (Å²) >= 11 is 0. The molecule has 2 unspecified atom stereocenters. The van der Waals surface area contributed by atoms with E-state index in [1.54, 1.807) is 6.92 Å². The average Bonchev–Trinajstić information content (AvgIpc) is 2.64. The zero-order valence-corrected chi connectivity index (χ0v) is 12.2. The normalized spacial score (nSPS) is 21.6. The lowest BCUT2D eigenvalue weighted by molar-refractivity contribution is -0.156. The zero-order valence-electron chi connectivity index (χ0n) is 12.2. The minimum absolute atomic E-state index is 0.0956. The predicted octanol–water partition coefficient (Wildman–Crippen LogP) is 1.07. The molecule has 1 aliphatic rings. The highest BCUT2D eigenvalue weighted by molar-refractivity contribution is 5.82. The molecule has 0 bridgehead atoms. The van der Waals surface area contributed by atoms with Gasteiger partial charge in [-0.15, -0.1) is 0 Å². The summed E-state index contributed by atoms with van der Waals surface area (Å²) in [5.41, 5.74) is -1.96. The van der Waals surface area contributed by atoms with Crippen LogP contribution < -0.4 is 5.32 Å². The van der Waals surface area contributed by atoms with Crippen LogP contribution in [0.3, 0.4) is 0 Å². The summed E-state index contributed by atoms with van der Waals surface area (Å²) < 4.78 is 5.72. The van der Waals surface area contributed by atoms with E-state index in [4.69, 9.17) is 9.84 Å². The average molecular weight is 287 g/mol. The predicted molar refractivity (Wildman–Crippen MR) is 73.3 cm³/mol. The first kappa shape index (κ1) is 16.9. The molecular formula is C14H25NO5. The summed E-state index contributed by atoms with van der Waals surface area (Å²) in [6.07, 6.45) is 6.04. The van der Waals surface area contributed by atoms with Crippen molar-refractivity contribution < 1.29 is 24.5 Å². The maximum atomic E-state index is 11.8. The third-order valence-corrected chi connectivity index (χ3v) is 3.64. The molecule has 0 spiro atoms. The molecular weight excluding hydrogens is 262 g/mol. The number of carbonyl (C=O) groups is 2. The number of carbonyl (C=O) groups excluding carboxylic acids is 1. The van der Waals surface area contributed by atoms with E-state index in [2.05, 4.69) is 5.32 Å². The lowest BCUT2D eigenvalue weighted by atomic mass is 10.1. The molecule has 2 atom stereocenters. The molecule has 20 heavy (non-hydrogen) atoms. The number of hydrogen-bond acceptors (Lipinski definition) is 4. The highest BCUT2D eigenvalue weighted by atomic mass is 16.5. The number of carboxylic acids is 1. The quantitative estimate of drug-likeness (QED) is 0.635. The van der Waals surface area contributed by atoms with Crippen LogP contribution in [-0.4, -0.2) is 46.4 Å². The number of aliphatic carboxylic acids is 1. The van der Waals surface area contributed by atoms with Crippen molar-refractivity contribution in [3.8, 4) is 0 Å². The van der Waals surface area contributed by atoms with Gasteiger partial charge in [-0.2, -0.15) is 0 Å². The fraction of sp³-hybridized carbons (Fsp3) is 0.857. The standard InChI is InChI=1S/C14H25NO5/c1-10(20-11-7-5-3-4-6-8-11)12(16)15-9-14(2,19)13(17)18/h10-11,19H,3-9H2,1-2H3,(H,15,16)(H,17,18). The fourth-order valence-electron chi connectivity index (χ4n) is 2.21. The maximum Gasteiger partial charge on any atom is 0.337 e. The largest absolute Gasteiger partial charge is 0.479 e. The van der Waals surface area contributed by atoms with Crippen molar-refractivity contribution in [3.63, 3.8) is 0 Å². The molecule has 3 N–H and O–H groups in total. The minimum Gasteiger partial charge on any atom is -0.479 e. The lowest BCUT2D eigenvalue weighted by Gasteiger charge is -2.23. The Morgan fingerprint density at radius 2 is 1.85 bits per heavy atom. The Labute approximate surface area is 119 Å². The van der Waals surface area contributed by atoms with Crippen molar-refractivity contribution in [1.82, 2.24) is 5.32 Å². The first-order chi connectivity index (χ1) is 9.33. The van der Waals surface area contributed by atoms with Gasteiger partial charge in [0.05, 0.1) is 12.6 Å². The molecule has 0 aromatic carbocycles. The molecule has 1 fully saturated rings. The lowest BCUT2D eigenvalue weighted by Crippen LogP contribution is -2.49. The van der Waals surface area contributed by atoms with Gasteiger partial charge in [-0.25, -0.2) is 4.79 Å². The van der Waals surface area contributed by atoms with Crippen LogP contribution in [0.15, 0.2) is 0 Å². The van der Waals surface area contributed by atoms with Crippen LogP contribution >= 0.6 is 0 Å². The third-order valence-electron chi connectivity index (χ3n) is 3.64. The Morgan fingerprint density at radius 1 is 1.30 bits per heavy atom. The maximum absolute atomic E-state index is 11.8. The van der Waals surface area contributed by atoms with Crippen molar-refractivity contribution in [3.05, 3.63) is 0 Å². The molecule has 1 amide bonds. The van der Waals surface area contributed by atoms with Crippen molar-refractivity contribution >= 4 is 11.9 Å². The smallest absolute Gasteiger partial charge is 0.337 e. The van der Waals surface area contributed by atoms with Crippen molar-refractivity contribution in [2.75, 3.05) is 6.54 Å². The molecule has 1 aliphatic carbocycles. The summed E-state index contributed by atoms with van der Waals surface area (Å²) in [4.78, 5) is 22.6. The third kappa shape index (κ3) is 5.46. The van der Waals surface area contributed by atoms with Gasteiger partial charge in [0.1, 0.15) is 6.10 Å². The molecule has 0 heterocycles. The molecule has 0 aliphatic heterocycles. The second kappa shape index (κ2) is 7.59. The van der Waals surface area contributed by atoms with Gasteiger partial charge in [0.15, 0.2) is 5.60 Å². The van der Waals surface area contributed by atoms with Crippen LogP contribution in [0.25, 0.3) is 0 Å². The number of nitrogens with one attached hydrogen (secondary N) is 1. The van der Waals surface area contributed by atoms with E-state index in [0.29, 0.717) is 0 Å². The van der Waals surface area contributed by atoms with Crippen LogP contribution in [0, 0.1) is 0 Å². The number of ether oxygens (including phenoxy) is 1. The second-order valence-corrected chi connectivity index (χ2v) is 5.69. The SMILES string of the molecule is CC(OC1CCCCCC1)C(=O)NCC(C)(O)C(=O)O. The molecule has 116 valence electrons. The van der Waals surface area contributed by atoms with E-state index >= 15 is 0 Å². The number of aliphatic hydroxyl groups is 1. The number of amides is 1. The molecule has 1 saturated carbocycles. The first-order valence-corrected chi connectivity index (χ1v) is 7.22. The Hall–Kier alpha value is -1.14. The van der Waals surface area contributed by atoms with Gasteiger partial charge < -0.3 is 20.3 Å². The molecule has 6 nitrogen and oxygen atoms in total. The van der Waals surface area contributed by atoms with Crippen LogP contribution in [0.2, 0.25) is 0 Å². The van der Waals surface area contributed by atoms with Crippen LogP contribution in [-0.2, 0) is 14.3 Å². The molecule has 0 saturated heterocycles. The van der Waals surface area contributed by atoms with Gasteiger partial charge in [0.2, 0.25) is 5.91 Å². The van der Waals surface area contributed by atoms with E-state index in [9.17, 15) is 14.7 Å². The Bertz CT molecular complexity index is 334. The minimum atomic E-state index is -1.96. The first-order valence-electron chi connectivity index (χ1n) is 7.22. The van der Waals surface area contributed by atoms with Gasteiger partial charge in [0.25, 0.3) is 0 Å². The van der Waals surface area contributed by atoms with E-state index < -0.39 is 23.6 Å². The molecule has 0 aromatic rings. The molecule has 1 rings (SSSR count). The van der Waals surface area contributed by atoms with Gasteiger partial charge in [-0.05, 0) is 26.7 Å². The van der Waals surface area contributed by atoms with E-state index in [-0.39, 0.29) is 12.6 Å². The highest BCUT2D eigenvalue weighted by Crippen LogP contribution is 2.20. The number of carboxylic acid groups (broad SMARTS) is 1. The second-order valence-electron chi connectivity index (χ2n) is 5.69. The fourth-order valence-corrected chi connectivity index (χ4v) is 2.21. The summed E-state index contributed by atoms with van der Waals surface area (Å²) in [7, 11) is 0. The van der Waals surface area contributed by atoms with Gasteiger partial charge in [-0.3, -0.25) is 4.79 Å². The molecule has 0 radical (unpaired) electrons. The van der Waals surface area contributed by atoms with E-state index in [1.807, 2.05) is 0 Å². The number of rotatable bonds is 6. The molecule has 6 heteroatoms. The van der Waals surface area contributed by atoms with E-state index in [1.165, 1.54) is 12.8 Å². The zero-order chi connectivity index (χ0) is 15.2. The van der Waals surface area contributed by atoms with Gasteiger partial charge in [-0.1, -0.05) is 25.7 Å². The highest BCUT2D eigenvalue weighted by Gasteiger charge is 2.31. The summed E-state index contributed by atoms with van der Waals surface area (Å²) in [6, 6.07) is 0. The monoisotopic (exact) mass is 287 g/mol. The van der Waals surface area contributed by atoms with Crippen molar-refractivity contribution in [2.45, 2.75) is 70.2 Å². The van der Waals surface area contributed by atoms with Gasteiger partial charge >= 0.3 is 5.97 Å². The van der Waals surface area contributed by atoms with Crippen LogP contribution in [0.5, 0.6) is 0 Å². The van der Waals surface area contributed by atoms with Crippen molar-refractivity contribution in [2.24, 2.45) is 0 Å². The summed E-state index contributed by atoms with van der Waals surface area (Å²) in [6.45, 7) is 2.46. The van der Waals surface area contributed by atoms with Crippen LogP contribution in [0.1, 0.15) is 52.4 Å². The van der Waals surface area contributed by atoms with Gasteiger partial charge in [0, 0.05) is 0 Å². The van der Waals surface area contributed by atoms with E-state index in [0.717, 1.165) is 32.6 Å². The Balaban J connectivity index is 2.36. The Kier molecular flexibility index (Phi) is 6.42. The number of hydrogen-bond donors (Lipinski definition) is 3.